The van der Waals surface area contributed by atoms with Gasteiger partial charge in [-0.15, -0.1) is 0 Å². The standard InChI is InChI=1S/C34H46N18O24P4/c1-38-24-15-25(40-7-39-24)50(8-41-15)32-23(66-3)22(74-77(58,59)68-4-12-18(53)19(54)30(71-12)51-9-42-16-26(51)44-33(35)46-28(16)56)14(73-32)6-70-79(62,63)76-80(64,65)75-78(60,61)69-5-13-21(67-10-43-48-37)20(55)31(72-13)52-11-49(2)17-27(52)45-34(36)47-29(17)57/h7-9,11-14,18-23,30-32,53-55H,4-6,10H2,1-3H3,(H10-,35,36,38,39,40,44,45,46,47,56,57,58,59,60,61,62,63,64,65)/p+1/t12-,13-,14-,18?,19+,20?,21+,22?,23+,30-,31-,32-/m1/s1. The van der Waals surface area contributed by atoms with Crippen molar-refractivity contribution < 1.29 is 108 Å². The minimum absolute atomic E-state index is 0.0339. The van der Waals surface area contributed by atoms with Crippen molar-refractivity contribution in [2.45, 2.75) is 73.6 Å². The van der Waals surface area contributed by atoms with Gasteiger partial charge in [0.15, 0.2) is 41.4 Å². The molecule has 0 aliphatic carbocycles. The number of azide groups is 1. The van der Waals surface area contributed by atoms with Gasteiger partial charge >= 0.3 is 36.9 Å². The third-order valence-corrected chi connectivity index (χ3v) is 17.4. The zero-order valence-electron chi connectivity index (χ0n) is 40.9. The van der Waals surface area contributed by atoms with Gasteiger partial charge in [-0.1, -0.05) is 10.1 Å². The maximum absolute atomic E-state index is 13.8. The molecule has 16 atom stereocenters. The maximum Gasteiger partial charge on any atom is 0.490 e. The number of rotatable bonds is 23. The van der Waals surface area contributed by atoms with Gasteiger partial charge in [0.2, 0.25) is 17.7 Å². The zero-order valence-corrected chi connectivity index (χ0v) is 44.5. The highest BCUT2D eigenvalue weighted by Crippen LogP contribution is 2.68. The second-order valence-corrected chi connectivity index (χ2v) is 23.2. The van der Waals surface area contributed by atoms with Crippen LogP contribution >= 0.6 is 31.3 Å². The number of aryl methyl sites for hydroxylation is 1. The van der Waals surface area contributed by atoms with Gasteiger partial charge in [0.1, 0.15) is 73.5 Å². The molecular formula is C34H47N18O24P4+. The number of nitrogens with two attached hydrogens (primary N) is 2. The van der Waals surface area contributed by atoms with Crippen molar-refractivity contribution >= 4 is 82.5 Å². The Labute approximate surface area is 443 Å². The van der Waals surface area contributed by atoms with E-state index in [0.717, 1.165) is 28.9 Å². The van der Waals surface area contributed by atoms with Crippen LogP contribution in [0.3, 0.4) is 0 Å². The van der Waals surface area contributed by atoms with Gasteiger partial charge in [-0.3, -0.25) is 51.4 Å². The maximum atomic E-state index is 13.8. The lowest BCUT2D eigenvalue weighted by molar-refractivity contribution is -0.745. The molecule has 0 aromatic carbocycles. The van der Waals surface area contributed by atoms with E-state index in [1.165, 1.54) is 35.9 Å². The fourth-order valence-corrected chi connectivity index (χ4v) is 13.3. The molecule has 7 unspecified atom stereocenters. The molecule has 42 nitrogen and oxygen atoms in total. The molecule has 0 amide bonds. The van der Waals surface area contributed by atoms with Crippen LogP contribution < -0.4 is 32.5 Å². The molecule has 0 bridgehead atoms. The Bertz CT molecular complexity index is 3670. The second-order valence-electron chi connectivity index (χ2n) is 17.2. The number of aromatic amines is 2. The smallest absolute Gasteiger partial charge is 0.387 e. The Hall–Kier alpha value is -5.84. The lowest BCUT2D eigenvalue weighted by Gasteiger charge is -2.26. The number of methoxy groups -OCH3 is 1. The summed E-state index contributed by atoms with van der Waals surface area (Å²) in [5.41, 5.74) is 18.5. The summed E-state index contributed by atoms with van der Waals surface area (Å²) in [6.07, 6.45) is -15.2. The molecular weight excluding hydrogens is 1170 g/mol. The van der Waals surface area contributed by atoms with Crippen molar-refractivity contribution in [3.8, 4) is 0 Å². The number of nitrogens with zero attached hydrogens (tertiary/aromatic N) is 13. The largest absolute Gasteiger partial charge is 0.490 e. The van der Waals surface area contributed by atoms with E-state index in [1.807, 2.05) is 0 Å². The fourth-order valence-electron chi connectivity index (χ4n) is 8.79. The van der Waals surface area contributed by atoms with Crippen molar-refractivity contribution in [2.24, 2.45) is 12.2 Å². The first-order valence-electron chi connectivity index (χ1n) is 22.6. The Kier molecular flexibility index (Phi) is 16.8. The van der Waals surface area contributed by atoms with Gasteiger partial charge in [0.25, 0.3) is 17.1 Å². The van der Waals surface area contributed by atoms with Crippen LogP contribution in [0.4, 0.5) is 17.7 Å². The first-order valence-corrected chi connectivity index (χ1v) is 28.6. The minimum atomic E-state index is -6.25. The quantitative estimate of drug-likeness (QED) is 0.0100. The summed E-state index contributed by atoms with van der Waals surface area (Å²) in [5.74, 6) is -0.397. The fraction of sp³-hybridized carbons (Fsp3) is 0.559. The molecule has 46 heteroatoms. The number of aromatic nitrogens is 12. The van der Waals surface area contributed by atoms with Crippen molar-refractivity contribution in [3.63, 3.8) is 0 Å². The molecule has 0 radical (unpaired) electrons. The number of nitrogens with one attached hydrogen (secondary N) is 3. The van der Waals surface area contributed by atoms with Crippen molar-refractivity contribution in [1.82, 2.24) is 53.6 Å². The first-order chi connectivity index (χ1) is 37.7. The summed E-state index contributed by atoms with van der Waals surface area (Å²) in [6, 6.07) is 0. The number of nitrogen functional groups attached to an aromatic ring is 2. The van der Waals surface area contributed by atoms with Gasteiger partial charge < -0.3 is 75.4 Å². The predicted octanol–water partition coefficient (Wildman–Crippen LogP) is -2.96. The Balaban J connectivity index is 0.880. The second kappa shape index (κ2) is 22.8. The minimum Gasteiger partial charge on any atom is -0.387 e. The van der Waals surface area contributed by atoms with E-state index in [2.05, 4.69) is 63.8 Å². The molecule has 436 valence electrons. The van der Waals surface area contributed by atoms with Crippen molar-refractivity contribution in [3.05, 3.63) is 56.5 Å². The van der Waals surface area contributed by atoms with Gasteiger partial charge in [-0.05, 0) is 5.53 Å². The van der Waals surface area contributed by atoms with Crippen LogP contribution in [0.5, 0.6) is 0 Å². The number of hydrogen-bond acceptors (Lipinski definition) is 30. The number of aliphatic hydroxyl groups is 3. The number of imidazole rings is 3. The van der Waals surface area contributed by atoms with Crippen LogP contribution in [0.1, 0.15) is 18.7 Å². The molecule has 3 fully saturated rings. The molecule has 9 heterocycles. The van der Waals surface area contributed by atoms with Crippen molar-refractivity contribution in [2.75, 3.05) is 57.5 Å². The Morgan fingerprint density at radius 3 is 2.02 bits per heavy atom. The zero-order chi connectivity index (χ0) is 57.8. The third kappa shape index (κ3) is 12.0. The third-order valence-electron chi connectivity index (χ3n) is 12.1. The normalized spacial score (nSPS) is 29.1. The van der Waals surface area contributed by atoms with Crippen LogP contribution in [0.25, 0.3) is 43.9 Å². The van der Waals surface area contributed by atoms with E-state index >= 15 is 0 Å². The van der Waals surface area contributed by atoms with Crippen LogP contribution in [-0.4, -0.2) is 184 Å². The molecule has 80 heavy (non-hydrogen) atoms. The molecule has 9 rings (SSSR count). The summed E-state index contributed by atoms with van der Waals surface area (Å²) in [4.78, 5) is 99.4. The van der Waals surface area contributed by atoms with Gasteiger partial charge in [-0.25, -0.2) is 42.8 Å². The molecule has 3 saturated heterocycles. The topological polar surface area (TPSA) is 586 Å². The van der Waals surface area contributed by atoms with Gasteiger partial charge in [-0.2, -0.15) is 13.6 Å². The highest BCUT2D eigenvalue weighted by Gasteiger charge is 2.54. The number of phosphoric ester groups is 3. The van der Waals surface area contributed by atoms with Crippen molar-refractivity contribution in [1.29, 1.82) is 0 Å². The average Bonchev–Trinajstić information content (AvgIpc) is 4.29. The van der Waals surface area contributed by atoms with E-state index < -0.39 is 143 Å². The highest BCUT2D eigenvalue weighted by atomic mass is 31.3. The van der Waals surface area contributed by atoms with E-state index in [4.69, 9.17) is 58.8 Å². The molecule has 0 spiro atoms. The molecule has 3 aliphatic rings. The predicted molar refractivity (Wildman–Crippen MR) is 257 cm³/mol. The van der Waals surface area contributed by atoms with E-state index in [9.17, 15) is 62.7 Å². The SMILES string of the molecule is CNc1ncnc2c1ncn2[C@@H]1O[C@H](COP(=O)(O)OP(=O)(O)OP(=O)(O)OC[C@H]2O[C@@H]([n+]3cn(C)c4c(=O)[nH]c(N)nc43)C(O)[C@H]2OCN=[N+]=[N-])C(OP(=O)(O)OC[C@H]2O[C@@H](n3cnc4c(=O)[nH]c(N)nc43)[C@@H](O)C2O)[C@@H]1OC. The van der Waals surface area contributed by atoms with E-state index in [1.54, 1.807) is 0 Å². The van der Waals surface area contributed by atoms with E-state index in [-0.39, 0.29) is 51.2 Å². The molecule has 6 aromatic heterocycles. The number of ether oxygens (including phenoxy) is 5. The summed E-state index contributed by atoms with van der Waals surface area (Å²) in [6.45, 7) is -4.12. The van der Waals surface area contributed by atoms with Crippen LogP contribution in [0.2, 0.25) is 0 Å². The van der Waals surface area contributed by atoms with Crippen LogP contribution in [0, 0.1) is 0 Å². The van der Waals surface area contributed by atoms with Gasteiger partial charge in [0.05, 0.1) is 39.5 Å². The average molecular weight is 1220 g/mol. The number of phosphoric acid groups is 4. The molecule has 14 N–H and O–H groups in total. The number of fused-ring (bicyclic) bond motifs is 3. The Morgan fingerprint density at radius 2 is 1.36 bits per heavy atom. The molecule has 3 aliphatic heterocycles. The van der Waals surface area contributed by atoms with Crippen LogP contribution in [-0.2, 0) is 75.7 Å². The highest BCUT2D eigenvalue weighted by molar-refractivity contribution is 7.66. The summed E-state index contributed by atoms with van der Waals surface area (Å²) >= 11 is 0. The van der Waals surface area contributed by atoms with E-state index in [0.29, 0.717) is 0 Å². The van der Waals surface area contributed by atoms with Crippen LogP contribution in [0.15, 0.2) is 40.0 Å². The molecule has 6 aromatic rings. The summed E-state index contributed by atoms with van der Waals surface area (Å²) in [5, 5.41) is 39.1. The molecule has 0 saturated carbocycles. The summed E-state index contributed by atoms with van der Waals surface area (Å²) in [7, 11) is -19.5. The monoisotopic (exact) mass is 1220 g/mol. The lowest BCUT2D eigenvalue weighted by Crippen LogP contribution is -2.46. The first kappa shape index (κ1) is 58.8. The Morgan fingerprint density at radius 1 is 0.762 bits per heavy atom. The number of anilines is 3. The number of hydrogen-bond donors (Lipinski definition) is 12. The number of aliphatic hydroxyl groups excluding tert-OH is 3. The lowest BCUT2D eigenvalue weighted by atomic mass is 10.1. The van der Waals surface area contributed by atoms with Gasteiger partial charge in [0, 0.05) is 19.1 Å². The number of H-pyrrole nitrogens is 2. The summed E-state index contributed by atoms with van der Waals surface area (Å²) < 4.78 is 116.